The van der Waals surface area contributed by atoms with E-state index in [9.17, 15) is 4.79 Å². The predicted octanol–water partition coefficient (Wildman–Crippen LogP) is 3.86. The number of aryl methyl sites for hydroxylation is 1. The summed E-state index contributed by atoms with van der Waals surface area (Å²) < 4.78 is 1.86. The minimum absolute atomic E-state index is 0. The number of amides is 1. The molecule has 0 saturated carbocycles. The number of carbonyl (C=O) groups excluding carboxylic acids is 1. The van der Waals surface area contributed by atoms with E-state index in [2.05, 4.69) is 35.9 Å². The SMILES string of the molecule is Cc1[nH]cnc1CN1CC(C)(C)c2cc3ccccc3n2C1=O.Cl. The monoisotopic (exact) mass is 344 g/mol. The van der Waals surface area contributed by atoms with Gasteiger partial charge in [-0.2, -0.15) is 0 Å². The van der Waals surface area contributed by atoms with Gasteiger partial charge in [-0.1, -0.05) is 32.0 Å². The van der Waals surface area contributed by atoms with Crippen LogP contribution in [0.4, 0.5) is 4.79 Å². The van der Waals surface area contributed by atoms with Crippen molar-refractivity contribution in [2.75, 3.05) is 6.54 Å². The van der Waals surface area contributed by atoms with Gasteiger partial charge in [-0.3, -0.25) is 4.57 Å². The van der Waals surface area contributed by atoms with E-state index >= 15 is 0 Å². The Morgan fingerprint density at radius 3 is 2.75 bits per heavy atom. The van der Waals surface area contributed by atoms with Gasteiger partial charge in [0.2, 0.25) is 0 Å². The van der Waals surface area contributed by atoms with Crippen molar-refractivity contribution >= 4 is 29.3 Å². The smallest absolute Gasteiger partial charge is 0.329 e. The summed E-state index contributed by atoms with van der Waals surface area (Å²) in [5.41, 5.74) is 3.90. The number of aromatic amines is 1. The van der Waals surface area contributed by atoms with Crippen molar-refractivity contribution in [1.82, 2.24) is 19.4 Å². The third kappa shape index (κ3) is 2.40. The zero-order valence-electron chi connectivity index (χ0n) is 14.0. The largest absolute Gasteiger partial charge is 0.348 e. The third-order valence-electron chi connectivity index (χ3n) is 4.73. The van der Waals surface area contributed by atoms with Gasteiger partial charge >= 0.3 is 6.03 Å². The molecule has 24 heavy (non-hydrogen) atoms. The molecule has 0 radical (unpaired) electrons. The van der Waals surface area contributed by atoms with E-state index in [4.69, 9.17) is 0 Å². The number of nitrogens with zero attached hydrogens (tertiary/aromatic N) is 3. The Morgan fingerprint density at radius 2 is 2.04 bits per heavy atom. The molecule has 0 atom stereocenters. The van der Waals surface area contributed by atoms with Gasteiger partial charge in [0.05, 0.1) is 24.1 Å². The Morgan fingerprint density at radius 1 is 1.29 bits per heavy atom. The Bertz CT molecular complexity index is 909. The highest BCUT2D eigenvalue weighted by Gasteiger charge is 2.38. The van der Waals surface area contributed by atoms with Gasteiger partial charge in [-0.25, -0.2) is 9.78 Å². The Balaban J connectivity index is 0.00000169. The molecule has 1 aliphatic rings. The van der Waals surface area contributed by atoms with Crippen molar-refractivity contribution in [2.24, 2.45) is 0 Å². The minimum Gasteiger partial charge on any atom is -0.348 e. The average molecular weight is 345 g/mol. The molecule has 0 fully saturated rings. The first-order valence-corrected chi connectivity index (χ1v) is 7.86. The maximum absolute atomic E-state index is 13.1. The first-order valence-electron chi connectivity index (χ1n) is 7.86. The van der Waals surface area contributed by atoms with Gasteiger partial charge in [0.25, 0.3) is 0 Å². The summed E-state index contributed by atoms with van der Waals surface area (Å²) in [6.45, 7) is 7.58. The summed E-state index contributed by atoms with van der Waals surface area (Å²) in [4.78, 5) is 22.4. The standard InChI is InChI=1S/C18H20N4O.ClH/c1-12-14(20-11-19-12)9-21-10-18(2,3)16-8-13-6-4-5-7-15(13)22(16)17(21)23;/h4-8,11H,9-10H2,1-3H3,(H,19,20);1H. The van der Waals surface area contributed by atoms with Crippen LogP contribution in [0.15, 0.2) is 36.7 Å². The first-order chi connectivity index (χ1) is 11.0. The number of benzene rings is 1. The van der Waals surface area contributed by atoms with Crippen LogP contribution in [-0.2, 0) is 12.0 Å². The number of H-pyrrole nitrogens is 1. The highest BCUT2D eigenvalue weighted by molar-refractivity contribution is 5.94. The molecule has 6 heteroatoms. The summed E-state index contributed by atoms with van der Waals surface area (Å²) >= 11 is 0. The lowest BCUT2D eigenvalue weighted by atomic mass is 9.87. The number of rotatable bonds is 2. The second-order valence-corrected chi connectivity index (χ2v) is 6.92. The molecule has 2 aromatic heterocycles. The van der Waals surface area contributed by atoms with Gasteiger partial charge in [-0.05, 0) is 19.1 Å². The average Bonchev–Trinajstić information content (AvgIpc) is 3.09. The highest BCUT2D eigenvalue weighted by Crippen LogP contribution is 2.35. The number of aromatic nitrogens is 3. The van der Waals surface area contributed by atoms with Crippen LogP contribution in [0.2, 0.25) is 0 Å². The van der Waals surface area contributed by atoms with Gasteiger partial charge in [0, 0.05) is 28.7 Å². The summed E-state index contributed by atoms with van der Waals surface area (Å²) in [6.07, 6.45) is 1.68. The van der Waals surface area contributed by atoms with E-state index < -0.39 is 0 Å². The van der Waals surface area contributed by atoms with Crippen LogP contribution in [0.5, 0.6) is 0 Å². The van der Waals surface area contributed by atoms with Crippen molar-refractivity contribution in [3.63, 3.8) is 0 Å². The maximum atomic E-state index is 13.1. The molecule has 0 aliphatic carbocycles. The maximum Gasteiger partial charge on any atom is 0.329 e. The predicted molar refractivity (Wildman–Crippen MR) is 96.7 cm³/mol. The first kappa shape index (κ1) is 16.6. The van der Waals surface area contributed by atoms with Crippen molar-refractivity contribution < 1.29 is 4.79 Å². The number of halogens is 1. The van der Waals surface area contributed by atoms with Crippen LogP contribution in [0.3, 0.4) is 0 Å². The molecule has 0 unspecified atom stereocenters. The van der Waals surface area contributed by atoms with Crippen LogP contribution in [0.1, 0.15) is 30.9 Å². The van der Waals surface area contributed by atoms with Crippen LogP contribution in [0, 0.1) is 6.92 Å². The van der Waals surface area contributed by atoms with Gasteiger partial charge < -0.3 is 9.88 Å². The topological polar surface area (TPSA) is 53.9 Å². The fourth-order valence-corrected chi connectivity index (χ4v) is 3.48. The number of hydrogen-bond donors (Lipinski definition) is 1. The van der Waals surface area contributed by atoms with Crippen molar-refractivity contribution in [3.05, 3.63) is 53.7 Å². The fourth-order valence-electron chi connectivity index (χ4n) is 3.48. The fraction of sp³-hybridized carbons (Fsp3) is 0.333. The zero-order chi connectivity index (χ0) is 16.2. The second-order valence-electron chi connectivity index (χ2n) is 6.92. The van der Waals surface area contributed by atoms with E-state index in [-0.39, 0.29) is 23.9 Å². The molecule has 3 heterocycles. The Hall–Kier alpha value is -2.27. The quantitative estimate of drug-likeness (QED) is 0.767. The van der Waals surface area contributed by atoms with Crippen molar-refractivity contribution in [1.29, 1.82) is 0 Å². The molecule has 0 spiro atoms. The van der Waals surface area contributed by atoms with E-state index in [1.54, 1.807) is 6.33 Å². The minimum atomic E-state index is -0.100. The highest BCUT2D eigenvalue weighted by atomic mass is 35.5. The summed E-state index contributed by atoms with van der Waals surface area (Å²) in [5, 5.41) is 1.11. The van der Waals surface area contributed by atoms with Crippen LogP contribution in [-0.4, -0.2) is 32.0 Å². The second kappa shape index (κ2) is 5.67. The molecule has 126 valence electrons. The van der Waals surface area contributed by atoms with Gasteiger partial charge in [-0.15, -0.1) is 12.4 Å². The van der Waals surface area contributed by atoms with E-state index in [1.165, 1.54) is 0 Å². The lowest BCUT2D eigenvalue weighted by Crippen LogP contribution is -2.49. The number of fused-ring (bicyclic) bond motifs is 3. The normalized spacial score (nSPS) is 16.1. The molecular formula is C18H21ClN4O. The van der Waals surface area contributed by atoms with E-state index in [0.717, 1.165) is 28.0 Å². The lowest BCUT2D eigenvalue weighted by Gasteiger charge is -2.38. The number of nitrogens with one attached hydrogen (secondary N) is 1. The molecule has 5 nitrogen and oxygen atoms in total. The Kier molecular flexibility index (Phi) is 3.92. The molecule has 1 aromatic carbocycles. The molecular weight excluding hydrogens is 324 g/mol. The molecule has 3 aromatic rings. The van der Waals surface area contributed by atoms with Crippen LogP contribution < -0.4 is 0 Å². The molecule has 4 rings (SSSR count). The van der Waals surface area contributed by atoms with Crippen LogP contribution in [0.25, 0.3) is 10.9 Å². The molecule has 1 amide bonds. The van der Waals surface area contributed by atoms with Crippen molar-refractivity contribution in [3.8, 4) is 0 Å². The third-order valence-corrected chi connectivity index (χ3v) is 4.73. The summed E-state index contributed by atoms with van der Waals surface area (Å²) in [5.74, 6) is 0. The van der Waals surface area contributed by atoms with E-state index in [0.29, 0.717) is 13.1 Å². The lowest BCUT2D eigenvalue weighted by molar-refractivity contribution is 0.167. The van der Waals surface area contributed by atoms with Gasteiger partial charge in [0.1, 0.15) is 0 Å². The number of imidazole rings is 1. The summed E-state index contributed by atoms with van der Waals surface area (Å²) in [6, 6.07) is 10.2. The Labute approximate surface area is 147 Å². The van der Waals surface area contributed by atoms with Crippen LogP contribution >= 0.6 is 12.4 Å². The van der Waals surface area contributed by atoms with Crippen molar-refractivity contribution in [2.45, 2.75) is 32.7 Å². The van der Waals surface area contributed by atoms with E-state index in [1.807, 2.05) is 34.6 Å². The number of carbonyl (C=O) groups is 1. The number of hydrogen-bond acceptors (Lipinski definition) is 2. The summed E-state index contributed by atoms with van der Waals surface area (Å²) in [7, 11) is 0. The molecule has 0 bridgehead atoms. The molecule has 1 aliphatic heterocycles. The molecule has 1 N–H and O–H groups in total. The zero-order valence-corrected chi connectivity index (χ0v) is 14.9. The van der Waals surface area contributed by atoms with Gasteiger partial charge in [0.15, 0.2) is 0 Å². The molecule has 0 saturated heterocycles. The number of para-hydroxylation sites is 1.